The predicted octanol–water partition coefficient (Wildman–Crippen LogP) is -0.269. The van der Waals surface area contributed by atoms with Crippen molar-refractivity contribution in [2.45, 2.75) is 38.3 Å². The van der Waals surface area contributed by atoms with Crippen LogP contribution in [0.3, 0.4) is 0 Å². The maximum absolute atomic E-state index is 12.3. The second-order valence-electron chi connectivity index (χ2n) is 5.65. The number of carboxylic acid groups (broad SMARTS) is 1. The number of hydrogen-bond donors (Lipinski definition) is 2. The van der Waals surface area contributed by atoms with Crippen molar-refractivity contribution in [3.05, 3.63) is 0 Å². The van der Waals surface area contributed by atoms with E-state index in [-0.39, 0.29) is 17.9 Å². The van der Waals surface area contributed by atoms with Gasteiger partial charge in [0.25, 0.3) is 0 Å². The number of rotatable bonds is 3. The average molecular weight is 269 g/mol. The summed E-state index contributed by atoms with van der Waals surface area (Å²) in [4.78, 5) is 27.0. The first-order chi connectivity index (χ1) is 8.99. The minimum absolute atomic E-state index is 0.0819. The van der Waals surface area contributed by atoms with E-state index in [9.17, 15) is 9.59 Å². The highest BCUT2D eigenvalue weighted by molar-refractivity contribution is 5.79. The number of nitrogens with zero attached hydrogens (tertiary/aromatic N) is 2. The summed E-state index contributed by atoms with van der Waals surface area (Å²) in [6, 6.07) is -0.306. The standard InChI is InChI=1S/C13H23N3O3/c1-9(13(18)19)15-4-6-16(7-5-15)12(17)10-2-3-11(14)8-10/h9-11H,2-8,14H2,1H3,(H,18,19). The highest BCUT2D eigenvalue weighted by Crippen LogP contribution is 2.26. The minimum atomic E-state index is -0.804. The molecule has 1 aliphatic carbocycles. The second-order valence-corrected chi connectivity index (χ2v) is 5.65. The van der Waals surface area contributed by atoms with Crippen LogP contribution in [-0.2, 0) is 9.59 Å². The van der Waals surface area contributed by atoms with Crippen LogP contribution < -0.4 is 5.73 Å². The highest BCUT2D eigenvalue weighted by atomic mass is 16.4. The Morgan fingerprint density at radius 1 is 1.21 bits per heavy atom. The fraction of sp³-hybridized carbons (Fsp3) is 0.846. The van der Waals surface area contributed by atoms with Crippen molar-refractivity contribution in [1.29, 1.82) is 0 Å². The van der Waals surface area contributed by atoms with E-state index in [1.165, 1.54) is 0 Å². The summed E-state index contributed by atoms with van der Waals surface area (Å²) >= 11 is 0. The molecule has 0 bridgehead atoms. The molecule has 0 aromatic heterocycles. The fourth-order valence-corrected chi connectivity index (χ4v) is 2.98. The highest BCUT2D eigenvalue weighted by Gasteiger charge is 2.33. The lowest BCUT2D eigenvalue weighted by atomic mass is 10.1. The topological polar surface area (TPSA) is 86.9 Å². The molecule has 1 amide bonds. The lowest BCUT2D eigenvalue weighted by Crippen LogP contribution is -2.54. The van der Waals surface area contributed by atoms with Crippen LogP contribution in [0.5, 0.6) is 0 Å². The van der Waals surface area contributed by atoms with Crippen molar-refractivity contribution in [3.8, 4) is 0 Å². The van der Waals surface area contributed by atoms with Crippen molar-refractivity contribution in [3.63, 3.8) is 0 Å². The molecule has 3 unspecified atom stereocenters. The summed E-state index contributed by atoms with van der Waals surface area (Å²) < 4.78 is 0. The number of carboxylic acids is 1. The van der Waals surface area contributed by atoms with E-state index in [1.54, 1.807) is 6.92 Å². The zero-order valence-electron chi connectivity index (χ0n) is 11.4. The third kappa shape index (κ3) is 3.25. The Labute approximate surface area is 113 Å². The maximum Gasteiger partial charge on any atom is 0.320 e. The Bertz CT molecular complexity index is 353. The van der Waals surface area contributed by atoms with Gasteiger partial charge >= 0.3 is 5.97 Å². The van der Waals surface area contributed by atoms with Crippen molar-refractivity contribution < 1.29 is 14.7 Å². The van der Waals surface area contributed by atoms with Gasteiger partial charge in [-0.25, -0.2) is 0 Å². The van der Waals surface area contributed by atoms with Crippen LogP contribution in [0.2, 0.25) is 0 Å². The Morgan fingerprint density at radius 2 is 1.84 bits per heavy atom. The molecule has 108 valence electrons. The number of hydrogen-bond acceptors (Lipinski definition) is 4. The predicted molar refractivity (Wildman–Crippen MR) is 70.6 cm³/mol. The molecule has 6 heteroatoms. The monoisotopic (exact) mass is 269 g/mol. The van der Waals surface area contributed by atoms with Gasteiger partial charge in [-0.05, 0) is 26.2 Å². The van der Waals surface area contributed by atoms with Crippen LogP contribution >= 0.6 is 0 Å². The van der Waals surface area contributed by atoms with Crippen LogP contribution in [0.1, 0.15) is 26.2 Å². The maximum atomic E-state index is 12.3. The van der Waals surface area contributed by atoms with Crippen LogP contribution in [0, 0.1) is 5.92 Å². The molecule has 1 aliphatic heterocycles. The normalized spacial score (nSPS) is 30.3. The first-order valence-electron chi connectivity index (χ1n) is 7.00. The molecule has 0 spiro atoms. The van der Waals surface area contributed by atoms with E-state index in [4.69, 9.17) is 10.8 Å². The molecule has 3 atom stereocenters. The summed E-state index contributed by atoms with van der Waals surface area (Å²) in [5, 5.41) is 8.97. The number of carbonyl (C=O) groups is 2. The van der Waals surface area contributed by atoms with E-state index in [0.29, 0.717) is 26.2 Å². The number of nitrogens with two attached hydrogens (primary N) is 1. The summed E-state index contributed by atoms with van der Waals surface area (Å²) in [7, 11) is 0. The smallest absolute Gasteiger partial charge is 0.320 e. The van der Waals surface area contributed by atoms with Gasteiger partial charge in [0, 0.05) is 38.1 Å². The largest absolute Gasteiger partial charge is 0.480 e. The number of piperazine rings is 1. The average Bonchev–Trinajstić information content (AvgIpc) is 2.84. The SMILES string of the molecule is CC(C(=O)O)N1CCN(C(=O)C2CCC(N)C2)CC1. The summed E-state index contributed by atoms with van der Waals surface area (Å²) in [6.07, 6.45) is 2.63. The molecular formula is C13H23N3O3. The van der Waals surface area contributed by atoms with Gasteiger partial charge in [0.1, 0.15) is 6.04 Å². The summed E-state index contributed by atoms with van der Waals surface area (Å²) in [6.45, 7) is 4.22. The molecule has 19 heavy (non-hydrogen) atoms. The van der Waals surface area contributed by atoms with Crippen LogP contribution in [0.15, 0.2) is 0 Å². The molecule has 2 rings (SSSR count). The fourth-order valence-electron chi connectivity index (χ4n) is 2.98. The summed E-state index contributed by atoms with van der Waals surface area (Å²) in [5.41, 5.74) is 5.84. The Kier molecular flexibility index (Phi) is 4.42. The van der Waals surface area contributed by atoms with E-state index < -0.39 is 12.0 Å². The van der Waals surface area contributed by atoms with E-state index in [1.807, 2.05) is 9.80 Å². The van der Waals surface area contributed by atoms with Crippen molar-refractivity contribution in [1.82, 2.24) is 9.80 Å². The molecule has 0 aromatic rings. The molecule has 2 aliphatic rings. The number of carbonyl (C=O) groups excluding carboxylic acids is 1. The molecular weight excluding hydrogens is 246 g/mol. The van der Waals surface area contributed by atoms with E-state index in [0.717, 1.165) is 19.3 Å². The van der Waals surface area contributed by atoms with Gasteiger partial charge in [0.2, 0.25) is 5.91 Å². The van der Waals surface area contributed by atoms with E-state index in [2.05, 4.69) is 0 Å². The molecule has 0 aromatic carbocycles. The Morgan fingerprint density at radius 3 is 2.32 bits per heavy atom. The molecule has 0 radical (unpaired) electrons. The molecule has 6 nitrogen and oxygen atoms in total. The minimum Gasteiger partial charge on any atom is -0.480 e. The van der Waals surface area contributed by atoms with Gasteiger partial charge in [-0.3, -0.25) is 14.5 Å². The van der Waals surface area contributed by atoms with E-state index >= 15 is 0 Å². The molecule has 1 heterocycles. The lowest BCUT2D eigenvalue weighted by molar-refractivity contribution is -0.144. The van der Waals surface area contributed by atoms with Crippen molar-refractivity contribution in [2.24, 2.45) is 11.7 Å². The lowest BCUT2D eigenvalue weighted by Gasteiger charge is -2.37. The molecule has 3 N–H and O–H groups in total. The molecule has 1 saturated heterocycles. The summed E-state index contributed by atoms with van der Waals surface area (Å²) in [5.74, 6) is -0.518. The third-order valence-corrected chi connectivity index (χ3v) is 4.35. The first-order valence-corrected chi connectivity index (χ1v) is 7.00. The van der Waals surface area contributed by atoms with Gasteiger partial charge in [-0.15, -0.1) is 0 Å². The first kappa shape index (κ1) is 14.3. The van der Waals surface area contributed by atoms with Crippen molar-refractivity contribution >= 4 is 11.9 Å². The number of amides is 1. The van der Waals surface area contributed by atoms with Crippen LogP contribution in [0.4, 0.5) is 0 Å². The second kappa shape index (κ2) is 5.88. The Hall–Kier alpha value is -1.14. The van der Waals surface area contributed by atoms with Crippen LogP contribution in [-0.4, -0.2) is 65.0 Å². The van der Waals surface area contributed by atoms with Gasteiger partial charge in [-0.2, -0.15) is 0 Å². The Balaban J connectivity index is 1.83. The van der Waals surface area contributed by atoms with Crippen LogP contribution in [0.25, 0.3) is 0 Å². The molecule has 2 fully saturated rings. The van der Waals surface area contributed by atoms with Gasteiger partial charge in [0.15, 0.2) is 0 Å². The van der Waals surface area contributed by atoms with Gasteiger partial charge < -0.3 is 15.7 Å². The molecule has 1 saturated carbocycles. The quantitative estimate of drug-likeness (QED) is 0.736. The zero-order chi connectivity index (χ0) is 14.0. The zero-order valence-corrected chi connectivity index (χ0v) is 11.4. The third-order valence-electron chi connectivity index (χ3n) is 4.35. The van der Waals surface area contributed by atoms with Gasteiger partial charge in [0.05, 0.1) is 0 Å². The number of aliphatic carboxylic acids is 1. The van der Waals surface area contributed by atoms with Gasteiger partial charge in [-0.1, -0.05) is 0 Å². The van der Waals surface area contributed by atoms with Crippen molar-refractivity contribution in [2.75, 3.05) is 26.2 Å².